The third-order valence-corrected chi connectivity index (χ3v) is 7.97. The van der Waals surface area contributed by atoms with Crippen LogP contribution in [0.4, 0.5) is 0 Å². The van der Waals surface area contributed by atoms with E-state index in [9.17, 15) is 4.79 Å². The summed E-state index contributed by atoms with van der Waals surface area (Å²) in [7, 11) is 0. The summed E-state index contributed by atoms with van der Waals surface area (Å²) >= 11 is 0. The van der Waals surface area contributed by atoms with E-state index in [1.165, 1.54) is 0 Å². The van der Waals surface area contributed by atoms with Crippen LogP contribution in [0, 0.1) is 6.92 Å². The maximum Gasteiger partial charge on any atom is 0.253 e. The van der Waals surface area contributed by atoms with E-state index in [0.717, 1.165) is 59.0 Å². The van der Waals surface area contributed by atoms with E-state index < -0.39 is 6.04 Å². The summed E-state index contributed by atoms with van der Waals surface area (Å²) in [6.45, 7) is 5.87. The standard InChI is InChI=1S/C33H36N6O2/c1-3-41-28-16-14-25(15-17-28)22-38(21-24-9-5-4-6-10-24)31(32-35-36-37-39(32)27-11-7-8-12-27)29-20-26-19-23(2)13-18-30(26)34-33(29)40/h4-6,9-10,13-20,27,31H,3,7-8,11-12,21-22H2,1-2H3,(H,34,40). The fourth-order valence-corrected chi connectivity index (χ4v) is 5.98. The van der Waals surface area contributed by atoms with Gasteiger partial charge in [0.15, 0.2) is 5.82 Å². The van der Waals surface area contributed by atoms with Crippen molar-refractivity contribution in [2.45, 2.75) is 64.7 Å². The first-order chi connectivity index (χ1) is 20.1. The van der Waals surface area contributed by atoms with Crippen LogP contribution in [0.15, 0.2) is 83.7 Å². The van der Waals surface area contributed by atoms with Crippen LogP contribution in [0.25, 0.3) is 10.9 Å². The molecule has 1 aliphatic rings. The van der Waals surface area contributed by atoms with Crippen molar-refractivity contribution in [1.29, 1.82) is 0 Å². The van der Waals surface area contributed by atoms with Crippen LogP contribution in [-0.4, -0.2) is 36.7 Å². The molecule has 6 rings (SSSR count). The summed E-state index contributed by atoms with van der Waals surface area (Å²) < 4.78 is 7.67. The fraction of sp³-hybridized carbons (Fsp3) is 0.333. The number of benzene rings is 3. The molecule has 3 aromatic carbocycles. The van der Waals surface area contributed by atoms with E-state index in [4.69, 9.17) is 4.74 Å². The molecule has 0 amide bonds. The van der Waals surface area contributed by atoms with Gasteiger partial charge in [0.25, 0.3) is 5.56 Å². The van der Waals surface area contributed by atoms with Crippen molar-refractivity contribution in [3.63, 3.8) is 0 Å². The zero-order valence-corrected chi connectivity index (χ0v) is 23.7. The van der Waals surface area contributed by atoms with Gasteiger partial charge in [-0.05, 0) is 84.0 Å². The van der Waals surface area contributed by atoms with Crippen molar-refractivity contribution in [3.8, 4) is 5.75 Å². The number of pyridine rings is 1. The minimum atomic E-state index is -0.467. The molecule has 0 saturated heterocycles. The monoisotopic (exact) mass is 548 g/mol. The minimum Gasteiger partial charge on any atom is -0.494 e. The first kappa shape index (κ1) is 26.9. The number of H-pyrrole nitrogens is 1. The number of rotatable bonds is 10. The average Bonchev–Trinajstić information content (AvgIpc) is 3.68. The number of aromatic amines is 1. The topological polar surface area (TPSA) is 88.9 Å². The Hall–Kier alpha value is -4.30. The lowest BCUT2D eigenvalue weighted by atomic mass is 10.0. The summed E-state index contributed by atoms with van der Waals surface area (Å²) in [5, 5.41) is 14.2. The summed E-state index contributed by atoms with van der Waals surface area (Å²) in [4.78, 5) is 19.3. The summed E-state index contributed by atoms with van der Waals surface area (Å²) in [5.74, 6) is 1.55. The molecule has 5 aromatic rings. The van der Waals surface area contributed by atoms with E-state index in [1.807, 2.05) is 60.1 Å². The molecule has 1 saturated carbocycles. The van der Waals surface area contributed by atoms with Gasteiger partial charge in [-0.25, -0.2) is 4.68 Å². The highest BCUT2D eigenvalue weighted by molar-refractivity contribution is 5.79. The Labute approximate surface area is 240 Å². The molecule has 1 N–H and O–H groups in total. The van der Waals surface area contributed by atoms with Gasteiger partial charge in [-0.15, -0.1) is 5.10 Å². The van der Waals surface area contributed by atoms with Crippen LogP contribution in [0.5, 0.6) is 5.75 Å². The lowest BCUT2D eigenvalue weighted by Crippen LogP contribution is -2.35. The first-order valence-corrected chi connectivity index (χ1v) is 14.5. The van der Waals surface area contributed by atoms with Gasteiger partial charge in [0, 0.05) is 24.2 Å². The number of fused-ring (bicyclic) bond motifs is 1. The second-order valence-corrected chi connectivity index (χ2v) is 10.9. The summed E-state index contributed by atoms with van der Waals surface area (Å²) in [6.07, 6.45) is 4.39. The number of nitrogens with zero attached hydrogens (tertiary/aromatic N) is 5. The molecule has 2 aromatic heterocycles. The molecular weight excluding hydrogens is 512 g/mol. The van der Waals surface area contributed by atoms with Gasteiger partial charge in [0.2, 0.25) is 0 Å². The van der Waals surface area contributed by atoms with Gasteiger partial charge in [-0.1, -0.05) is 66.9 Å². The molecule has 8 heteroatoms. The number of tetrazole rings is 1. The van der Waals surface area contributed by atoms with Gasteiger partial charge in [-0.3, -0.25) is 9.69 Å². The third-order valence-electron chi connectivity index (χ3n) is 7.97. The predicted octanol–water partition coefficient (Wildman–Crippen LogP) is 6.13. The van der Waals surface area contributed by atoms with Crippen molar-refractivity contribution in [2.24, 2.45) is 0 Å². The highest BCUT2D eigenvalue weighted by Gasteiger charge is 2.33. The molecule has 0 spiro atoms. The second kappa shape index (κ2) is 12.1. The van der Waals surface area contributed by atoms with Crippen molar-refractivity contribution in [3.05, 3.63) is 117 Å². The molecule has 8 nitrogen and oxygen atoms in total. The van der Waals surface area contributed by atoms with Crippen molar-refractivity contribution >= 4 is 10.9 Å². The Balaban J connectivity index is 1.51. The molecule has 0 radical (unpaired) electrons. The number of aromatic nitrogens is 5. The molecule has 2 heterocycles. The Morgan fingerprint density at radius 2 is 1.71 bits per heavy atom. The molecule has 210 valence electrons. The largest absolute Gasteiger partial charge is 0.494 e. The van der Waals surface area contributed by atoms with E-state index in [-0.39, 0.29) is 11.6 Å². The molecule has 1 aliphatic carbocycles. The number of hydrogen-bond donors (Lipinski definition) is 1. The highest BCUT2D eigenvalue weighted by Crippen LogP contribution is 2.35. The quantitative estimate of drug-likeness (QED) is 0.226. The van der Waals surface area contributed by atoms with Crippen LogP contribution in [-0.2, 0) is 13.1 Å². The molecule has 0 aliphatic heterocycles. The van der Waals surface area contributed by atoms with Crippen LogP contribution >= 0.6 is 0 Å². The van der Waals surface area contributed by atoms with Gasteiger partial charge in [0.1, 0.15) is 11.8 Å². The summed E-state index contributed by atoms with van der Waals surface area (Å²) in [6, 6.07) is 26.4. The van der Waals surface area contributed by atoms with Crippen LogP contribution in [0.3, 0.4) is 0 Å². The number of hydrogen-bond acceptors (Lipinski definition) is 6. The third kappa shape index (κ3) is 5.93. The fourth-order valence-electron chi connectivity index (χ4n) is 5.98. The average molecular weight is 549 g/mol. The Kier molecular flexibility index (Phi) is 7.91. The summed E-state index contributed by atoms with van der Waals surface area (Å²) in [5.41, 5.74) is 4.73. The lowest BCUT2D eigenvalue weighted by molar-refractivity contribution is 0.190. The normalized spacial score (nSPS) is 14.6. The molecular formula is C33H36N6O2. The number of ether oxygens (including phenoxy) is 1. The van der Waals surface area contributed by atoms with Crippen molar-refractivity contribution in [2.75, 3.05) is 6.61 Å². The van der Waals surface area contributed by atoms with E-state index in [2.05, 4.69) is 62.7 Å². The predicted molar refractivity (Wildman–Crippen MR) is 160 cm³/mol. The Bertz CT molecular complexity index is 1660. The van der Waals surface area contributed by atoms with Crippen LogP contribution < -0.4 is 10.3 Å². The number of aryl methyl sites for hydroxylation is 1. The molecule has 1 unspecified atom stereocenters. The Morgan fingerprint density at radius 1 is 0.976 bits per heavy atom. The lowest BCUT2D eigenvalue weighted by Gasteiger charge is -2.32. The maximum atomic E-state index is 13.8. The van der Waals surface area contributed by atoms with Crippen LogP contribution in [0.2, 0.25) is 0 Å². The van der Waals surface area contributed by atoms with Gasteiger partial charge >= 0.3 is 0 Å². The van der Waals surface area contributed by atoms with E-state index in [1.54, 1.807) is 0 Å². The molecule has 1 fully saturated rings. The smallest absolute Gasteiger partial charge is 0.253 e. The molecule has 41 heavy (non-hydrogen) atoms. The van der Waals surface area contributed by atoms with Crippen LogP contribution in [0.1, 0.15) is 72.8 Å². The number of nitrogens with one attached hydrogen (secondary N) is 1. The van der Waals surface area contributed by atoms with E-state index >= 15 is 0 Å². The molecule has 0 bridgehead atoms. The minimum absolute atomic E-state index is 0.128. The van der Waals surface area contributed by atoms with Gasteiger partial charge in [0.05, 0.1) is 12.6 Å². The van der Waals surface area contributed by atoms with Crippen molar-refractivity contribution < 1.29 is 4.74 Å². The SMILES string of the molecule is CCOc1ccc(CN(Cc2ccccc2)C(c2cc3cc(C)ccc3[nH]c2=O)c2nnnn2C2CCCC2)cc1. The zero-order chi connectivity index (χ0) is 28.2. The molecule has 1 atom stereocenters. The van der Waals surface area contributed by atoms with Gasteiger partial charge in [-0.2, -0.15) is 0 Å². The van der Waals surface area contributed by atoms with Crippen molar-refractivity contribution in [1.82, 2.24) is 30.1 Å². The van der Waals surface area contributed by atoms with E-state index in [0.29, 0.717) is 31.1 Å². The zero-order valence-electron chi connectivity index (χ0n) is 23.7. The Morgan fingerprint density at radius 3 is 2.44 bits per heavy atom. The highest BCUT2D eigenvalue weighted by atomic mass is 16.5. The maximum absolute atomic E-state index is 13.8. The van der Waals surface area contributed by atoms with Gasteiger partial charge < -0.3 is 9.72 Å². The first-order valence-electron chi connectivity index (χ1n) is 14.5. The second-order valence-electron chi connectivity index (χ2n) is 10.9.